The van der Waals surface area contributed by atoms with Crippen LogP contribution in [0.15, 0.2) is 28.9 Å². The first-order valence-corrected chi connectivity index (χ1v) is 7.65. The Balaban J connectivity index is 1.86. The van der Waals surface area contributed by atoms with Crippen LogP contribution in [0.1, 0.15) is 19.4 Å². The molecule has 1 aromatic carbocycles. The third-order valence-electron chi connectivity index (χ3n) is 4.00. The van der Waals surface area contributed by atoms with Gasteiger partial charge in [-0.05, 0) is 37.6 Å². The summed E-state index contributed by atoms with van der Waals surface area (Å²) in [7, 11) is 0. The number of nitrogens with one attached hydrogen (secondary N) is 2. The SMILES string of the molecule is CC1CN(Cc2c[nH]c3ccc(Br)cc23)C(C)CN1. The highest BCUT2D eigenvalue weighted by Gasteiger charge is 2.22. The molecule has 1 saturated heterocycles. The van der Waals surface area contributed by atoms with E-state index < -0.39 is 0 Å². The van der Waals surface area contributed by atoms with Gasteiger partial charge in [-0.2, -0.15) is 0 Å². The number of aromatic amines is 1. The molecule has 0 spiro atoms. The molecule has 1 fully saturated rings. The van der Waals surface area contributed by atoms with Gasteiger partial charge in [0.2, 0.25) is 0 Å². The minimum absolute atomic E-state index is 0.577. The Morgan fingerprint density at radius 1 is 1.37 bits per heavy atom. The Labute approximate surface area is 122 Å². The molecule has 1 aromatic heterocycles. The lowest BCUT2D eigenvalue weighted by atomic mass is 10.1. The van der Waals surface area contributed by atoms with Gasteiger partial charge in [0.25, 0.3) is 0 Å². The predicted molar refractivity (Wildman–Crippen MR) is 83.3 cm³/mol. The molecule has 2 atom stereocenters. The summed E-state index contributed by atoms with van der Waals surface area (Å²) < 4.78 is 1.14. The molecule has 1 aliphatic heterocycles. The molecule has 3 nitrogen and oxygen atoms in total. The van der Waals surface area contributed by atoms with E-state index in [0.29, 0.717) is 12.1 Å². The Bertz CT molecular complexity index is 578. The van der Waals surface area contributed by atoms with Crippen LogP contribution < -0.4 is 5.32 Å². The van der Waals surface area contributed by atoms with Crippen molar-refractivity contribution in [3.63, 3.8) is 0 Å². The zero-order valence-corrected chi connectivity index (χ0v) is 13.0. The number of hydrogen-bond donors (Lipinski definition) is 2. The van der Waals surface area contributed by atoms with Gasteiger partial charge in [0.1, 0.15) is 0 Å². The number of nitrogens with zero attached hydrogens (tertiary/aromatic N) is 1. The second-order valence-electron chi connectivity index (χ2n) is 5.59. The van der Waals surface area contributed by atoms with E-state index in [2.05, 4.69) is 69.4 Å². The zero-order chi connectivity index (χ0) is 13.4. The lowest BCUT2D eigenvalue weighted by Gasteiger charge is -2.37. The Hall–Kier alpha value is -0.840. The first kappa shape index (κ1) is 13.2. The number of aromatic nitrogens is 1. The number of benzene rings is 1. The van der Waals surface area contributed by atoms with Gasteiger partial charge in [-0.25, -0.2) is 0 Å². The van der Waals surface area contributed by atoms with Gasteiger partial charge >= 0.3 is 0 Å². The molecule has 2 aromatic rings. The summed E-state index contributed by atoms with van der Waals surface area (Å²) in [5.74, 6) is 0. The van der Waals surface area contributed by atoms with E-state index in [9.17, 15) is 0 Å². The van der Waals surface area contributed by atoms with Gasteiger partial charge in [-0.15, -0.1) is 0 Å². The van der Waals surface area contributed by atoms with Crippen molar-refractivity contribution in [1.29, 1.82) is 0 Å². The summed E-state index contributed by atoms with van der Waals surface area (Å²) in [6, 6.07) is 7.59. The maximum Gasteiger partial charge on any atom is 0.0458 e. The molecule has 1 aliphatic rings. The fraction of sp³-hybridized carbons (Fsp3) is 0.467. The first-order valence-electron chi connectivity index (χ1n) is 6.86. The molecule has 0 aliphatic carbocycles. The van der Waals surface area contributed by atoms with Crippen LogP contribution in [0.2, 0.25) is 0 Å². The van der Waals surface area contributed by atoms with Crippen LogP contribution in [-0.2, 0) is 6.54 Å². The molecule has 19 heavy (non-hydrogen) atoms. The number of hydrogen-bond acceptors (Lipinski definition) is 2. The maximum atomic E-state index is 3.56. The highest BCUT2D eigenvalue weighted by atomic mass is 79.9. The van der Waals surface area contributed by atoms with Crippen LogP contribution in [0, 0.1) is 0 Å². The van der Waals surface area contributed by atoms with Crippen LogP contribution in [-0.4, -0.2) is 35.1 Å². The molecular formula is C15H20BrN3. The van der Waals surface area contributed by atoms with E-state index in [0.717, 1.165) is 24.1 Å². The molecule has 2 N–H and O–H groups in total. The molecule has 2 unspecified atom stereocenters. The summed E-state index contributed by atoms with van der Waals surface area (Å²) in [6.45, 7) is 7.76. The van der Waals surface area contributed by atoms with E-state index in [4.69, 9.17) is 0 Å². The van der Waals surface area contributed by atoms with Crippen LogP contribution >= 0.6 is 15.9 Å². The van der Waals surface area contributed by atoms with Gasteiger partial charge in [0.15, 0.2) is 0 Å². The summed E-state index contributed by atoms with van der Waals surface area (Å²) in [5.41, 5.74) is 2.60. The lowest BCUT2D eigenvalue weighted by Crippen LogP contribution is -2.53. The number of fused-ring (bicyclic) bond motifs is 1. The van der Waals surface area contributed by atoms with Crippen molar-refractivity contribution in [3.05, 3.63) is 34.4 Å². The van der Waals surface area contributed by atoms with E-state index in [1.807, 2.05) is 0 Å². The summed E-state index contributed by atoms with van der Waals surface area (Å²) in [4.78, 5) is 5.93. The number of rotatable bonds is 2. The van der Waals surface area contributed by atoms with Crippen molar-refractivity contribution in [2.75, 3.05) is 13.1 Å². The minimum atomic E-state index is 0.577. The molecule has 4 heteroatoms. The quantitative estimate of drug-likeness (QED) is 0.890. The average molecular weight is 322 g/mol. The van der Waals surface area contributed by atoms with E-state index >= 15 is 0 Å². The number of H-pyrrole nitrogens is 1. The van der Waals surface area contributed by atoms with Crippen LogP contribution in [0.5, 0.6) is 0 Å². The third kappa shape index (κ3) is 2.71. The third-order valence-corrected chi connectivity index (χ3v) is 4.49. The number of halogens is 1. The van der Waals surface area contributed by atoms with E-state index in [1.54, 1.807) is 0 Å². The van der Waals surface area contributed by atoms with Gasteiger partial charge in [0, 0.05) is 53.3 Å². The maximum absolute atomic E-state index is 3.56. The second-order valence-corrected chi connectivity index (χ2v) is 6.51. The highest BCUT2D eigenvalue weighted by Crippen LogP contribution is 2.24. The molecule has 2 heterocycles. The van der Waals surface area contributed by atoms with Crippen molar-refractivity contribution in [2.45, 2.75) is 32.5 Å². The summed E-state index contributed by atoms with van der Waals surface area (Å²) in [6.07, 6.45) is 2.15. The second kappa shape index (κ2) is 5.27. The van der Waals surface area contributed by atoms with Crippen molar-refractivity contribution in [3.8, 4) is 0 Å². The van der Waals surface area contributed by atoms with Crippen molar-refractivity contribution < 1.29 is 0 Å². The topological polar surface area (TPSA) is 31.1 Å². The molecular weight excluding hydrogens is 302 g/mol. The molecule has 0 radical (unpaired) electrons. The van der Waals surface area contributed by atoms with Gasteiger partial charge in [-0.3, -0.25) is 4.90 Å². The summed E-state index contributed by atoms with van der Waals surface area (Å²) >= 11 is 3.56. The van der Waals surface area contributed by atoms with Crippen molar-refractivity contribution >= 4 is 26.8 Å². The normalized spacial score (nSPS) is 25.0. The highest BCUT2D eigenvalue weighted by molar-refractivity contribution is 9.10. The van der Waals surface area contributed by atoms with Gasteiger partial charge in [-0.1, -0.05) is 15.9 Å². The van der Waals surface area contributed by atoms with Crippen LogP contribution in [0.25, 0.3) is 10.9 Å². The van der Waals surface area contributed by atoms with Gasteiger partial charge < -0.3 is 10.3 Å². The molecule has 3 rings (SSSR count). The van der Waals surface area contributed by atoms with Gasteiger partial charge in [0.05, 0.1) is 0 Å². The largest absolute Gasteiger partial charge is 0.361 e. The molecule has 0 saturated carbocycles. The van der Waals surface area contributed by atoms with E-state index in [-0.39, 0.29) is 0 Å². The average Bonchev–Trinajstić information content (AvgIpc) is 2.77. The smallest absolute Gasteiger partial charge is 0.0458 e. The Kier molecular flexibility index (Phi) is 3.65. The Morgan fingerprint density at radius 2 is 2.21 bits per heavy atom. The van der Waals surface area contributed by atoms with Crippen molar-refractivity contribution in [2.24, 2.45) is 0 Å². The fourth-order valence-corrected chi connectivity index (χ4v) is 3.18. The standard InChI is InChI=1S/C15H20BrN3/c1-10-8-19(11(2)6-17-10)9-12-7-18-15-4-3-13(16)5-14(12)15/h3-5,7,10-11,17-18H,6,8-9H2,1-2H3. The first-order chi connectivity index (χ1) is 9.13. The zero-order valence-electron chi connectivity index (χ0n) is 11.4. The van der Waals surface area contributed by atoms with E-state index in [1.165, 1.54) is 16.5 Å². The molecule has 0 amide bonds. The predicted octanol–water partition coefficient (Wildman–Crippen LogP) is 3.11. The monoisotopic (exact) mass is 321 g/mol. The van der Waals surface area contributed by atoms with Crippen LogP contribution in [0.3, 0.4) is 0 Å². The summed E-state index contributed by atoms with van der Waals surface area (Å²) in [5, 5.41) is 4.86. The van der Waals surface area contributed by atoms with Crippen molar-refractivity contribution in [1.82, 2.24) is 15.2 Å². The minimum Gasteiger partial charge on any atom is -0.361 e. The van der Waals surface area contributed by atoms with Crippen LogP contribution in [0.4, 0.5) is 0 Å². The molecule has 102 valence electrons. The number of piperazine rings is 1. The fourth-order valence-electron chi connectivity index (χ4n) is 2.82. The lowest BCUT2D eigenvalue weighted by molar-refractivity contribution is 0.139. The Morgan fingerprint density at radius 3 is 3.05 bits per heavy atom. The molecule has 0 bridgehead atoms.